The summed E-state index contributed by atoms with van der Waals surface area (Å²) in [4.78, 5) is 4.15. The van der Waals surface area contributed by atoms with E-state index in [-0.39, 0.29) is 0 Å². The highest BCUT2D eigenvalue weighted by atomic mass is 16.5. The molecule has 0 spiro atoms. The molecule has 0 aliphatic rings. The van der Waals surface area contributed by atoms with E-state index in [1.807, 2.05) is 30.3 Å². The van der Waals surface area contributed by atoms with Crippen LogP contribution in [0.1, 0.15) is 13.8 Å². The number of benzene rings is 1. The third-order valence-corrected chi connectivity index (χ3v) is 2.62. The second-order valence-electron chi connectivity index (χ2n) is 5.06. The lowest BCUT2D eigenvalue weighted by Gasteiger charge is -2.13. The zero-order valence-electron chi connectivity index (χ0n) is 13.3. The summed E-state index contributed by atoms with van der Waals surface area (Å²) >= 11 is 0. The molecule has 5 heteroatoms. The molecule has 0 aliphatic carbocycles. The third kappa shape index (κ3) is 8.92. The van der Waals surface area contributed by atoms with Crippen LogP contribution in [-0.2, 0) is 4.74 Å². The average Bonchev–Trinajstić information content (AvgIpc) is 2.49. The molecule has 0 amide bonds. The van der Waals surface area contributed by atoms with E-state index in [2.05, 4.69) is 29.5 Å². The van der Waals surface area contributed by atoms with Crippen LogP contribution in [0.2, 0.25) is 0 Å². The van der Waals surface area contributed by atoms with Crippen molar-refractivity contribution in [2.75, 3.05) is 40.0 Å². The molecule has 0 saturated heterocycles. The van der Waals surface area contributed by atoms with Crippen molar-refractivity contribution >= 4 is 5.96 Å². The summed E-state index contributed by atoms with van der Waals surface area (Å²) in [5.41, 5.74) is 0. The number of rotatable bonds is 9. The molecule has 0 unspecified atom stereocenters. The highest BCUT2D eigenvalue weighted by Crippen LogP contribution is 2.07. The van der Waals surface area contributed by atoms with E-state index in [1.165, 1.54) is 0 Å². The molecule has 0 aromatic heterocycles. The Labute approximate surface area is 127 Å². The Balaban J connectivity index is 2.06. The molecule has 1 aromatic rings. The normalized spacial score (nSPS) is 11.5. The van der Waals surface area contributed by atoms with Crippen molar-refractivity contribution in [1.82, 2.24) is 10.6 Å². The number of nitrogens with one attached hydrogen (secondary N) is 2. The maximum atomic E-state index is 5.60. The molecule has 0 saturated carbocycles. The standard InChI is InChI=1S/C16H27N3O2/c1-14(2)13-20-11-9-18-16(17-3)19-10-12-21-15-7-5-4-6-8-15/h4-8,14H,9-13H2,1-3H3,(H2,17,18,19). The zero-order chi connectivity index (χ0) is 15.3. The van der Waals surface area contributed by atoms with Gasteiger partial charge in [-0.05, 0) is 18.1 Å². The highest BCUT2D eigenvalue weighted by molar-refractivity contribution is 5.79. The van der Waals surface area contributed by atoms with Crippen LogP contribution in [-0.4, -0.2) is 45.9 Å². The lowest BCUT2D eigenvalue weighted by Crippen LogP contribution is -2.40. The van der Waals surface area contributed by atoms with Crippen LogP contribution in [0.15, 0.2) is 35.3 Å². The van der Waals surface area contributed by atoms with Crippen LogP contribution in [0.4, 0.5) is 0 Å². The van der Waals surface area contributed by atoms with Gasteiger partial charge in [-0.25, -0.2) is 0 Å². The van der Waals surface area contributed by atoms with Gasteiger partial charge in [-0.2, -0.15) is 0 Å². The Morgan fingerprint density at radius 1 is 1.10 bits per heavy atom. The number of hydrogen-bond acceptors (Lipinski definition) is 3. The van der Waals surface area contributed by atoms with Gasteiger partial charge in [-0.15, -0.1) is 0 Å². The van der Waals surface area contributed by atoms with Crippen molar-refractivity contribution in [2.45, 2.75) is 13.8 Å². The second-order valence-corrected chi connectivity index (χ2v) is 5.06. The first-order valence-corrected chi connectivity index (χ1v) is 7.42. The van der Waals surface area contributed by atoms with Gasteiger partial charge >= 0.3 is 0 Å². The van der Waals surface area contributed by atoms with Crippen molar-refractivity contribution in [2.24, 2.45) is 10.9 Å². The molecule has 0 radical (unpaired) electrons. The molecule has 0 aliphatic heterocycles. The fraction of sp³-hybridized carbons (Fsp3) is 0.562. The molecule has 118 valence electrons. The first kappa shape index (κ1) is 17.3. The van der Waals surface area contributed by atoms with Gasteiger partial charge in [0.2, 0.25) is 0 Å². The first-order valence-electron chi connectivity index (χ1n) is 7.42. The van der Waals surface area contributed by atoms with Gasteiger partial charge in [0.1, 0.15) is 12.4 Å². The van der Waals surface area contributed by atoms with Crippen LogP contribution >= 0.6 is 0 Å². The van der Waals surface area contributed by atoms with E-state index in [1.54, 1.807) is 7.05 Å². The molecule has 2 N–H and O–H groups in total. The van der Waals surface area contributed by atoms with Crippen molar-refractivity contribution in [3.8, 4) is 5.75 Å². The number of guanidine groups is 1. The van der Waals surface area contributed by atoms with Crippen LogP contribution in [0.5, 0.6) is 5.75 Å². The molecular formula is C16H27N3O2. The van der Waals surface area contributed by atoms with E-state index in [4.69, 9.17) is 9.47 Å². The molecule has 0 atom stereocenters. The smallest absolute Gasteiger partial charge is 0.191 e. The molecule has 1 aromatic carbocycles. The van der Waals surface area contributed by atoms with E-state index < -0.39 is 0 Å². The first-order chi connectivity index (χ1) is 10.2. The van der Waals surface area contributed by atoms with Crippen LogP contribution in [0.3, 0.4) is 0 Å². The summed E-state index contributed by atoms with van der Waals surface area (Å²) in [6.07, 6.45) is 0. The minimum Gasteiger partial charge on any atom is -0.492 e. The number of hydrogen-bond donors (Lipinski definition) is 2. The van der Waals surface area contributed by atoms with Crippen LogP contribution < -0.4 is 15.4 Å². The molecule has 1 rings (SSSR count). The number of ether oxygens (including phenoxy) is 2. The zero-order valence-corrected chi connectivity index (χ0v) is 13.3. The quantitative estimate of drug-likeness (QED) is 0.415. The lowest BCUT2D eigenvalue weighted by molar-refractivity contribution is 0.114. The summed E-state index contributed by atoms with van der Waals surface area (Å²) in [6, 6.07) is 9.78. The van der Waals surface area contributed by atoms with E-state index in [9.17, 15) is 0 Å². The monoisotopic (exact) mass is 293 g/mol. The Kier molecular flexibility index (Phi) is 9.04. The summed E-state index contributed by atoms with van der Waals surface area (Å²) in [7, 11) is 1.75. The molecule has 0 bridgehead atoms. The molecule has 5 nitrogen and oxygen atoms in total. The highest BCUT2D eigenvalue weighted by Gasteiger charge is 1.98. The molecule has 0 heterocycles. The van der Waals surface area contributed by atoms with Gasteiger partial charge in [0.05, 0.1) is 13.2 Å². The van der Waals surface area contributed by atoms with Gasteiger partial charge in [-0.3, -0.25) is 4.99 Å². The number of aliphatic imine (C=N–C) groups is 1. The Bertz CT molecular complexity index is 394. The molecular weight excluding hydrogens is 266 g/mol. The summed E-state index contributed by atoms with van der Waals surface area (Å²) < 4.78 is 11.1. The minimum atomic E-state index is 0.567. The van der Waals surface area contributed by atoms with Gasteiger partial charge in [-0.1, -0.05) is 32.0 Å². The van der Waals surface area contributed by atoms with Gasteiger partial charge < -0.3 is 20.1 Å². The van der Waals surface area contributed by atoms with Gasteiger partial charge in [0.25, 0.3) is 0 Å². The average molecular weight is 293 g/mol. The Morgan fingerprint density at radius 2 is 1.76 bits per heavy atom. The predicted molar refractivity (Wildman–Crippen MR) is 87.0 cm³/mol. The van der Waals surface area contributed by atoms with Gasteiger partial charge in [0.15, 0.2) is 5.96 Å². The minimum absolute atomic E-state index is 0.567. The van der Waals surface area contributed by atoms with Crippen molar-refractivity contribution in [3.05, 3.63) is 30.3 Å². The SMILES string of the molecule is CN=C(NCCOCC(C)C)NCCOc1ccccc1. The van der Waals surface area contributed by atoms with E-state index in [0.717, 1.165) is 24.9 Å². The molecule has 0 fully saturated rings. The predicted octanol–water partition coefficient (Wildman–Crippen LogP) is 1.90. The summed E-state index contributed by atoms with van der Waals surface area (Å²) in [6.45, 7) is 7.78. The van der Waals surface area contributed by atoms with E-state index in [0.29, 0.717) is 25.7 Å². The lowest BCUT2D eigenvalue weighted by atomic mass is 10.2. The van der Waals surface area contributed by atoms with Crippen LogP contribution in [0, 0.1) is 5.92 Å². The summed E-state index contributed by atoms with van der Waals surface area (Å²) in [5, 5.41) is 6.40. The van der Waals surface area contributed by atoms with E-state index >= 15 is 0 Å². The van der Waals surface area contributed by atoms with Crippen LogP contribution in [0.25, 0.3) is 0 Å². The fourth-order valence-electron chi connectivity index (χ4n) is 1.64. The fourth-order valence-corrected chi connectivity index (χ4v) is 1.64. The molecule has 21 heavy (non-hydrogen) atoms. The second kappa shape index (κ2) is 11.0. The third-order valence-electron chi connectivity index (χ3n) is 2.62. The Morgan fingerprint density at radius 3 is 2.38 bits per heavy atom. The maximum absolute atomic E-state index is 5.60. The Hall–Kier alpha value is -1.75. The topological polar surface area (TPSA) is 54.9 Å². The largest absolute Gasteiger partial charge is 0.492 e. The number of para-hydroxylation sites is 1. The maximum Gasteiger partial charge on any atom is 0.191 e. The van der Waals surface area contributed by atoms with Crippen molar-refractivity contribution in [1.29, 1.82) is 0 Å². The summed E-state index contributed by atoms with van der Waals surface area (Å²) in [5.74, 6) is 2.21. The van der Waals surface area contributed by atoms with Crippen molar-refractivity contribution in [3.63, 3.8) is 0 Å². The van der Waals surface area contributed by atoms with Crippen molar-refractivity contribution < 1.29 is 9.47 Å². The van der Waals surface area contributed by atoms with Gasteiger partial charge in [0, 0.05) is 20.2 Å². The number of nitrogens with zero attached hydrogens (tertiary/aromatic N) is 1.